The summed E-state index contributed by atoms with van der Waals surface area (Å²) >= 11 is 0. The van der Waals surface area contributed by atoms with Crippen LogP contribution in [0.1, 0.15) is 17.9 Å². The molecule has 3 nitrogen and oxygen atoms in total. The highest BCUT2D eigenvalue weighted by Gasteiger charge is 2.35. The van der Waals surface area contributed by atoms with Crippen molar-refractivity contribution in [3.63, 3.8) is 0 Å². The van der Waals surface area contributed by atoms with Gasteiger partial charge in [-0.2, -0.15) is 0 Å². The van der Waals surface area contributed by atoms with Crippen molar-refractivity contribution in [3.05, 3.63) is 23.8 Å². The van der Waals surface area contributed by atoms with Gasteiger partial charge in [0.25, 0.3) is 0 Å². The minimum Gasteiger partial charge on any atom is -0.493 e. The van der Waals surface area contributed by atoms with E-state index in [1.54, 1.807) is 14.2 Å². The lowest BCUT2D eigenvalue weighted by Crippen LogP contribution is -2.01. The van der Waals surface area contributed by atoms with Gasteiger partial charge < -0.3 is 15.2 Å². The normalized spacial score (nSPS) is 24.5. The average Bonchev–Trinajstić information content (AvgIpc) is 2.94. The van der Waals surface area contributed by atoms with Crippen LogP contribution in [0.2, 0.25) is 0 Å². The van der Waals surface area contributed by atoms with Crippen LogP contribution < -0.4 is 15.2 Å². The molecule has 1 aliphatic rings. The van der Waals surface area contributed by atoms with Crippen molar-refractivity contribution < 1.29 is 9.47 Å². The Balaban J connectivity index is 2.27. The third-order valence-electron chi connectivity index (χ3n) is 2.68. The molecule has 0 spiro atoms. The Bertz CT molecular complexity index is 338. The van der Waals surface area contributed by atoms with Crippen LogP contribution in [-0.4, -0.2) is 20.3 Å². The van der Waals surface area contributed by atoms with Gasteiger partial charge in [0.05, 0.1) is 14.2 Å². The number of hydrogen-bond acceptors (Lipinski definition) is 3. The molecule has 2 N–H and O–H groups in total. The van der Waals surface area contributed by atoms with Crippen molar-refractivity contribution >= 4 is 0 Å². The molecular weight excluding hydrogens is 178 g/mol. The zero-order chi connectivity index (χ0) is 10.1. The third-order valence-corrected chi connectivity index (χ3v) is 2.68. The third kappa shape index (κ3) is 1.55. The van der Waals surface area contributed by atoms with Gasteiger partial charge in [-0.1, -0.05) is 6.07 Å². The summed E-state index contributed by atoms with van der Waals surface area (Å²) in [7, 11) is 3.29. The van der Waals surface area contributed by atoms with E-state index in [1.807, 2.05) is 12.1 Å². The largest absolute Gasteiger partial charge is 0.493 e. The summed E-state index contributed by atoms with van der Waals surface area (Å²) in [5.74, 6) is 2.06. The SMILES string of the molecule is COc1ccc([C@@H]2C[C@@H]2N)cc1OC. The summed E-state index contributed by atoms with van der Waals surface area (Å²) in [5, 5.41) is 0. The van der Waals surface area contributed by atoms with Gasteiger partial charge in [-0.25, -0.2) is 0 Å². The van der Waals surface area contributed by atoms with E-state index in [1.165, 1.54) is 5.56 Å². The fraction of sp³-hybridized carbons (Fsp3) is 0.455. The molecule has 76 valence electrons. The molecule has 1 aromatic carbocycles. The highest BCUT2D eigenvalue weighted by atomic mass is 16.5. The Hall–Kier alpha value is -1.22. The maximum atomic E-state index is 5.79. The van der Waals surface area contributed by atoms with Gasteiger partial charge in [0.15, 0.2) is 11.5 Å². The maximum absolute atomic E-state index is 5.79. The number of ether oxygens (including phenoxy) is 2. The predicted octanol–water partition coefficient (Wildman–Crippen LogP) is 1.52. The minimum absolute atomic E-state index is 0.327. The first-order valence-electron chi connectivity index (χ1n) is 4.73. The van der Waals surface area contributed by atoms with Crippen molar-refractivity contribution in [3.8, 4) is 11.5 Å². The van der Waals surface area contributed by atoms with E-state index >= 15 is 0 Å². The Morgan fingerprint density at radius 3 is 2.36 bits per heavy atom. The number of methoxy groups -OCH3 is 2. The molecule has 0 radical (unpaired) electrons. The first-order valence-corrected chi connectivity index (χ1v) is 4.73. The molecule has 0 heterocycles. The van der Waals surface area contributed by atoms with Crippen molar-refractivity contribution in [2.24, 2.45) is 5.73 Å². The first kappa shape index (κ1) is 9.34. The van der Waals surface area contributed by atoms with Gasteiger partial charge in [0, 0.05) is 12.0 Å². The molecule has 2 atom stereocenters. The second kappa shape index (κ2) is 3.50. The molecule has 1 aliphatic carbocycles. The molecule has 0 unspecified atom stereocenters. The van der Waals surface area contributed by atoms with Crippen molar-refractivity contribution in [1.29, 1.82) is 0 Å². The van der Waals surface area contributed by atoms with Gasteiger partial charge in [-0.3, -0.25) is 0 Å². The molecule has 3 heteroatoms. The quantitative estimate of drug-likeness (QED) is 0.791. The fourth-order valence-electron chi connectivity index (χ4n) is 1.68. The van der Waals surface area contributed by atoms with Crippen LogP contribution in [0, 0.1) is 0 Å². The van der Waals surface area contributed by atoms with E-state index in [4.69, 9.17) is 15.2 Å². The summed E-state index contributed by atoms with van der Waals surface area (Å²) in [5.41, 5.74) is 7.03. The Kier molecular flexibility index (Phi) is 2.33. The van der Waals surface area contributed by atoms with E-state index in [9.17, 15) is 0 Å². The van der Waals surface area contributed by atoms with Gasteiger partial charge in [-0.05, 0) is 24.1 Å². The van der Waals surface area contributed by atoms with Crippen LogP contribution in [0.3, 0.4) is 0 Å². The van der Waals surface area contributed by atoms with Gasteiger partial charge in [0.2, 0.25) is 0 Å². The van der Waals surface area contributed by atoms with Crippen LogP contribution in [0.25, 0.3) is 0 Å². The molecule has 1 aromatic rings. The van der Waals surface area contributed by atoms with Gasteiger partial charge >= 0.3 is 0 Å². The zero-order valence-electron chi connectivity index (χ0n) is 8.49. The highest BCUT2D eigenvalue weighted by Crippen LogP contribution is 2.41. The lowest BCUT2D eigenvalue weighted by Gasteiger charge is -2.08. The van der Waals surface area contributed by atoms with Crippen LogP contribution in [0.15, 0.2) is 18.2 Å². The Morgan fingerprint density at radius 1 is 1.21 bits per heavy atom. The molecule has 1 saturated carbocycles. The number of hydrogen-bond donors (Lipinski definition) is 1. The number of nitrogens with two attached hydrogens (primary N) is 1. The van der Waals surface area contributed by atoms with Gasteiger partial charge in [0.1, 0.15) is 0 Å². The topological polar surface area (TPSA) is 44.5 Å². The van der Waals surface area contributed by atoms with E-state index in [0.29, 0.717) is 12.0 Å². The first-order chi connectivity index (χ1) is 6.76. The van der Waals surface area contributed by atoms with Gasteiger partial charge in [-0.15, -0.1) is 0 Å². The highest BCUT2D eigenvalue weighted by molar-refractivity contribution is 5.45. The maximum Gasteiger partial charge on any atom is 0.160 e. The second-order valence-corrected chi connectivity index (χ2v) is 3.62. The Morgan fingerprint density at radius 2 is 1.86 bits per heavy atom. The smallest absolute Gasteiger partial charge is 0.160 e. The molecule has 0 bridgehead atoms. The number of rotatable bonds is 3. The molecule has 2 rings (SSSR count). The molecule has 0 aromatic heterocycles. The van der Waals surface area contributed by atoms with Crippen LogP contribution in [0.4, 0.5) is 0 Å². The van der Waals surface area contributed by atoms with E-state index in [-0.39, 0.29) is 0 Å². The molecule has 0 amide bonds. The summed E-state index contributed by atoms with van der Waals surface area (Å²) in [6, 6.07) is 6.32. The van der Waals surface area contributed by atoms with E-state index < -0.39 is 0 Å². The van der Waals surface area contributed by atoms with Crippen LogP contribution in [-0.2, 0) is 0 Å². The fourth-order valence-corrected chi connectivity index (χ4v) is 1.68. The molecular formula is C11H15NO2. The van der Waals surface area contributed by atoms with E-state index in [0.717, 1.165) is 17.9 Å². The predicted molar refractivity (Wildman–Crippen MR) is 54.9 cm³/mol. The Labute approximate surface area is 83.8 Å². The molecule has 0 aliphatic heterocycles. The standard InChI is InChI=1S/C11H15NO2/c1-13-10-4-3-7(5-11(10)14-2)8-6-9(8)12/h3-5,8-9H,6,12H2,1-2H3/t8-,9-/m0/s1. The minimum atomic E-state index is 0.327. The lowest BCUT2D eigenvalue weighted by molar-refractivity contribution is 0.354. The molecule has 0 saturated heterocycles. The van der Waals surface area contributed by atoms with E-state index in [2.05, 4.69) is 6.07 Å². The number of benzene rings is 1. The lowest BCUT2D eigenvalue weighted by atomic mass is 10.1. The van der Waals surface area contributed by atoms with Crippen molar-refractivity contribution in [2.45, 2.75) is 18.4 Å². The zero-order valence-corrected chi connectivity index (χ0v) is 8.49. The summed E-state index contributed by atoms with van der Waals surface area (Å²) in [6.07, 6.45) is 1.08. The monoisotopic (exact) mass is 193 g/mol. The molecule has 14 heavy (non-hydrogen) atoms. The summed E-state index contributed by atoms with van der Waals surface area (Å²) < 4.78 is 10.4. The molecule has 1 fully saturated rings. The van der Waals surface area contributed by atoms with Crippen LogP contribution >= 0.6 is 0 Å². The van der Waals surface area contributed by atoms with Crippen molar-refractivity contribution in [2.75, 3.05) is 14.2 Å². The second-order valence-electron chi connectivity index (χ2n) is 3.62. The average molecular weight is 193 g/mol. The summed E-state index contributed by atoms with van der Waals surface area (Å²) in [6.45, 7) is 0. The van der Waals surface area contributed by atoms with Crippen LogP contribution in [0.5, 0.6) is 11.5 Å². The van der Waals surface area contributed by atoms with Crippen molar-refractivity contribution in [1.82, 2.24) is 0 Å². The summed E-state index contributed by atoms with van der Waals surface area (Å²) in [4.78, 5) is 0.